The number of amides is 1. The second-order valence-corrected chi connectivity index (χ2v) is 9.84. The van der Waals surface area contributed by atoms with Gasteiger partial charge in [0.15, 0.2) is 11.6 Å². The van der Waals surface area contributed by atoms with E-state index in [4.69, 9.17) is 4.42 Å². The maximum atomic E-state index is 12.7. The minimum absolute atomic E-state index is 0.0189. The summed E-state index contributed by atoms with van der Waals surface area (Å²) in [5.74, 6) is 1.11. The van der Waals surface area contributed by atoms with Crippen LogP contribution in [-0.2, 0) is 15.8 Å². The van der Waals surface area contributed by atoms with Gasteiger partial charge in [-0.2, -0.15) is 0 Å². The molecule has 3 heterocycles. The van der Waals surface area contributed by atoms with Crippen LogP contribution < -0.4 is 0 Å². The molecule has 0 saturated carbocycles. The number of sulfonamides is 1. The predicted molar refractivity (Wildman–Crippen MR) is 109 cm³/mol. The summed E-state index contributed by atoms with van der Waals surface area (Å²) in [5, 5.41) is 0. The molecule has 2 aromatic rings. The second-order valence-electron chi connectivity index (χ2n) is 7.87. The highest BCUT2D eigenvalue weighted by Crippen LogP contribution is 2.31. The lowest BCUT2D eigenvalue weighted by Crippen LogP contribution is -2.38. The lowest BCUT2D eigenvalue weighted by Gasteiger charge is -2.29. The van der Waals surface area contributed by atoms with Crippen LogP contribution in [0, 0.1) is 6.92 Å². The molecule has 0 N–H and O–H groups in total. The molecule has 8 heteroatoms. The smallest absolute Gasteiger partial charge is 0.276 e. The SMILES string of the molecule is Cc1oc(C2CCN(S(=O)(=O)Cc3ccccc3)CC2)nc1C(=O)N1CCCC1. The summed E-state index contributed by atoms with van der Waals surface area (Å²) in [4.78, 5) is 19.0. The van der Waals surface area contributed by atoms with E-state index in [0.29, 0.717) is 43.3 Å². The summed E-state index contributed by atoms with van der Waals surface area (Å²) in [7, 11) is -3.35. The summed E-state index contributed by atoms with van der Waals surface area (Å²) in [6.45, 7) is 4.21. The van der Waals surface area contributed by atoms with Gasteiger partial charge in [-0.05, 0) is 38.2 Å². The molecule has 1 amide bonds. The van der Waals surface area contributed by atoms with Crippen LogP contribution in [0.25, 0.3) is 0 Å². The number of likely N-dealkylation sites (tertiary alicyclic amines) is 1. The molecule has 0 aliphatic carbocycles. The predicted octanol–water partition coefficient (Wildman–Crippen LogP) is 2.93. The average Bonchev–Trinajstić information content (AvgIpc) is 3.38. The van der Waals surface area contributed by atoms with Gasteiger partial charge in [0.05, 0.1) is 5.75 Å². The fourth-order valence-corrected chi connectivity index (χ4v) is 5.68. The fourth-order valence-electron chi connectivity index (χ4n) is 4.12. The Morgan fingerprint density at radius 1 is 1.10 bits per heavy atom. The van der Waals surface area contributed by atoms with Gasteiger partial charge in [0.25, 0.3) is 5.91 Å². The molecule has 1 aromatic heterocycles. The molecule has 2 fully saturated rings. The number of rotatable bonds is 5. The van der Waals surface area contributed by atoms with Crippen LogP contribution in [0.2, 0.25) is 0 Å². The first kappa shape index (κ1) is 20.1. The van der Waals surface area contributed by atoms with Crippen molar-refractivity contribution < 1.29 is 17.6 Å². The van der Waals surface area contributed by atoms with Crippen LogP contribution in [0.4, 0.5) is 0 Å². The van der Waals surface area contributed by atoms with Gasteiger partial charge in [0.2, 0.25) is 10.0 Å². The standard InChI is InChI=1S/C21H27N3O4S/c1-16-19(21(25)23-11-5-6-12-23)22-20(28-16)18-9-13-24(14-10-18)29(26,27)15-17-7-3-2-4-8-17/h2-4,7-8,18H,5-6,9-15H2,1H3. The number of aromatic nitrogens is 1. The van der Waals surface area contributed by atoms with Gasteiger partial charge in [-0.15, -0.1) is 0 Å². The third-order valence-electron chi connectivity index (χ3n) is 5.80. The highest BCUT2D eigenvalue weighted by molar-refractivity contribution is 7.88. The molecule has 0 bridgehead atoms. The molecule has 0 spiro atoms. The monoisotopic (exact) mass is 417 g/mol. The second kappa shape index (κ2) is 8.28. The number of benzene rings is 1. The first-order valence-electron chi connectivity index (χ1n) is 10.2. The zero-order valence-electron chi connectivity index (χ0n) is 16.7. The van der Waals surface area contributed by atoms with Gasteiger partial charge in [-0.25, -0.2) is 17.7 Å². The number of carbonyl (C=O) groups is 1. The molecule has 29 heavy (non-hydrogen) atoms. The highest BCUT2D eigenvalue weighted by atomic mass is 32.2. The van der Waals surface area contributed by atoms with E-state index in [2.05, 4.69) is 4.98 Å². The molecule has 1 aromatic carbocycles. The number of carbonyl (C=O) groups excluding carboxylic acids is 1. The van der Waals surface area contributed by atoms with Crippen molar-refractivity contribution in [2.75, 3.05) is 26.2 Å². The topological polar surface area (TPSA) is 83.7 Å². The van der Waals surface area contributed by atoms with E-state index in [0.717, 1.165) is 31.5 Å². The highest BCUT2D eigenvalue weighted by Gasteiger charge is 2.32. The number of aryl methyl sites for hydroxylation is 1. The lowest BCUT2D eigenvalue weighted by atomic mass is 9.98. The van der Waals surface area contributed by atoms with Crippen LogP contribution in [0.5, 0.6) is 0 Å². The van der Waals surface area contributed by atoms with Crippen LogP contribution in [-0.4, -0.2) is 54.7 Å². The van der Waals surface area contributed by atoms with Crippen LogP contribution in [0.1, 0.15) is 59.3 Å². The van der Waals surface area contributed by atoms with E-state index in [1.54, 1.807) is 11.2 Å². The molecule has 156 valence electrons. The van der Waals surface area contributed by atoms with Crippen molar-refractivity contribution in [2.24, 2.45) is 0 Å². The first-order chi connectivity index (χ1) is 13.9. The van der Waals surface area contributed by atoms with E-state index < -0.39 is 10.0 Å². The first-order valence-corrected chi connectivity index (χ1v) is 11.8. The Morgan fingerprint density at radius 2 is 1.76 bits per heavy atom. The molecule has 0 radical (unpaired) electrons. The zero-order valence-corrected chi connectivity index (χ0v) is 17.5. The Bertz CT molecular complexity index is 957. The van der Waals surface area contributed by atoms with Gasteiger partial charge < -0.3 is 9.32 Å². The van der Waals surface area contributed by atoms with Crippen molar-refractivity contribution in [3.05, 3.63) is 53.2 Å². The van der Waals surface area contributed by atoms with Crippen LogP contribution in [0.15, 0.2) is 34.7 Å². The summed E-state index contributed by atoms with van der Waals surface area (Å²) in [5.41, 5.74) is 1.20. The molecule has 0 unspecified atom stereocenters. The number of hydrogen-bond donors (Lipinski definition) is 0. The van der Waals surface area contributed by atoms with E-state index in [-0.39, 0.29) is 17.6 Å². The molecule has 7 nitrogen and oxygen atoms in total. The average molecular weight is 418 g/mol. The zero-order chi connectivity index (χ0) is 20.4. The van der Waals surface area contributed by atoms with Gasteiger partial charge in [-0.1, -0.05) is 30.3 Å². The minimum atomic E-state index is -3.35. The third-order valence-corrected chi connectivity index (χ3v) is 7.65. The molecule has 2 saturated heterocycles. The van der Waals surface area contributed by atoms with Crippen molar-refractivity contribution in [3.63, 3.8) is 0 Å². The summed E-state index contributed by atoms with van der Waals surface area (Å²) in [6, 6.07) is 9.24. The molecule has 2 aliphatic rings. The van der Waals surface area contributed by atoms with Crippen molar-refractivity contribution >= 4 is 15.9 Å². The normalized spacial score (nSPS) is 19.0. The van der Waals surface area contributed by atoms with Crippen molar-refractivity contribution in [1.82, 2.24) is 14.2 Å². The van der Waals surface area contributed by atoms with Crippen LogP contribution in [0.3, 0.4) is 0 Å². The third kappa shape index (κ3) is 4.38. The van der Waals surface area contributed by atoms with Crippen molar-refractivity contribution in [2.45, 2.75) is 44.3 Å². The Hall–Kier alpha value is -2.19. The Balaban J connectivity index is 1.39. The van der Waals surface area contributed by atoms with E-state index in [1.165, 1.54) is 0 Å². The van der Waals surface area contributed by atoms with E-state index in [9.17, 15) is 13.2 Å². The lowest BCUT2D eigenvalue weighted by molar-refractivity contribution is 0.0786. The maximum Gasteiger partial charge on any atom is 0.276 e. The van der Waals surface area contributed by atoms with Crippen molar-refractivity contribution in [1.29, 1.82) is 0 Å². The Morgan fingerprint density at radius 3 is 2.41 bits per heavy atom. The van der Waals surface area contributed by atoms with E-state index in [1.807, 2.05) is 35.2 Å². The van der Waals surface area contributed by atoms with Gasteiger partial charge in [0, 0.05) is 32.1 Å². The molecule has 2 aliphatic heterocycles. The fraction of sp³-hybridized carbons (Fsp3) is 0.524. The Kier molecular flexibility index (Phi) is 5.74. The molecule has 0 atom stereocenters. The number of hydrogen-bond acceptors (Lipinski definition) is 5. The van der Waals surface area contributed by atoms with E-state index >= 15 is 0 Å². The Labute approximate surface area is 171 Å². The van der Waals surface area contributed by atoms with Gasteiger partial charge in [0.1, 0.15) is 5.76 Å². The van der Waals surface area contributed by atoms with Crippen molar-refractivity contribution in [3.8, 4) is 0 Å². The molecular formula is C21H27N3O4S. The summed E-state index contributed by atoms with van der Waals surface area (Å²) in [6.07, 6.45) is 3.35. The van der Waals surface area contributed by atoms with Gasteiger partial charge >= 0.3 is 0 Å². The van der Waals surface area contributed by atoms with Crippen LogP contribution >= 0.6 is 0 Å². The number of oxazole rings is 1. The maximum absolute atomic E-state index is 12.7. The summed E-state index contributed by atoms with van der Waals surface area (Å²) < 4.78 is 32.8. The number of nitrogens with zero attached hydrogens (tertiary/aromatic N) is 3. The largest absolute Gasteiger partial charge is 0.445 e. The summed E-state index contributed by atoms with van der Waals surface area (Å²) >= 11 is 0. The molecular weight excluding hydrogens is 390 g/mol. The quantitative estimate of drug-likeness (QED) is 0.747. The van der Waals surface area contributed by atoms with Gasteiger partial charge in [-0.3, -0.25) is 4.79 Å². The minimum Gasteiger partial charge on any atom is -0.445 e. The molecule has 4 rings (SSSR count). The number of piperidine rings is 1.